The van der Waals surface area contributed by atoms with E-state index in [4.69, 9.17) is 0 Å². The van der Waals surface area contributed by atoms with Gasteiger partial charge in [-0.2, -0.15) is 13.2 Å². The number of amides is 1. The molecule has 0 aliphatic carbocycles. The Hall–Kier alpha value is -1.04. The largest absolute Gasteiger partial charge is 0.417 e. The average molecular weight is 296 g/mol. The lowest BCUT2D eigenvalue weighted by Gasteiger charge is -2.10. The van der Waals surface area contributed by atoms with E-state index in [1.165, 1.54) is 12.1 Å². The highest BCUT2D eigenvalue weighted by Crippen LogP contribution is 2.35. The van der Waals surface area contributed by atoms with E-state index in [1.807, 2.05) is 0 Å². The van der Waals surface area contributed by atoms with Crippen LogP contribution in [0.2, 0.25) is 0 Å². The molecule has 2 nitrogen and oxygen atoms in total. The molecule has 1 amide bonds. The van der Waals surface area contributed by atoms with E-state index in [9.17, 15) is 18.0 Å². The normalized spacial score (nSPS) is 11.3. The van der Waals surface area contributed by atoms with E-state index in [0.29, 0.717) is 6.54 Å². The second kappa shape index (κ2) is 4.86. The number of benzene rings is 1. The van der Waals surface area contributed by atoms with Crippen LogP contribution in [0.5, 0.6) is 0 Å². The second-order valence-corrected chi connectivity index (χ2v) is 3.91. The van der Waals surface area contributed by atoms with Crippen molar-refractivity contribution in [1.82, 2.24) is 5.32 Å². The Morgan fingerprint density at radius 3 is 2.56 bits per heavy atom. The van der Waals surface area contributed by atoms with E-state index in [0.717, 1.165) is 6.07 Å². The van der Waals surface area contributed by atoms with Crippen molar-refractivity contribution in [2.75, 3.05) is 6.54 Å². The van der Waals surface area contributed by atoms with Gasteiger partial charge in [-0.25, -0.2) is 0 Å². The molecule has 88 valence electrons. The molecule has 0 fully saturated rings. The van der Waals surface area contributed by atoms with Crippen molar-refractivity contribution in [1.29, 1.82) is 0 Å². The van der Waals surface area contributed by atoms with Gasteiger partial charge in [-0.3, -0.25) is 4.79 Å². The zero-order valence-electron chi connectivity index (χ0n) is 8.36. The average Bonchev–Trinajstić information content (AvgIpc) is 2.16. The number of carbonyl (C=O) groups is 1. The van der Waals surface area contributed by atoms with E-state index < -0.39 is 17.6 Å². The maximum absolute atomic E-state index is 12.5. The second-order valence-electron chi connectivity index (χ2n) is 3.05. The molecule has 0 saturated heterocycles. The van der Waals surface area contributed by atoms with Crippen LogP contribution in [0.1, 0.15) is 22.8 Å². The quantitative estimate of drug-likeness (QED) is 0.892. The van der Waals surface area contributed by atoms with E-state index in [1.54, 1.807) is 6.92 Å². The molecule has 0 atom stereocenters. The Balaban J connectivity index is 3.13. The van der Waals surface area contributed by atoms with Crippen molar-refractivity contribution in [3.8, 4) is 0 Å². The first kappa shape index (κ1) is 13.0. The number of hydrogen-bond acceptors (Lipinski definition) is 1. The van der Waals surface area contributed by atoms with Gasteiger partial charge in [-0.1, -0.05) is 15.9 Å². The summed E-state index contributed by atoms with van der Waals surface area (Å²) in [5, 5.41) is 2.44. The maximum Gasteiger partial charge on any atom is 0.417 e. The van der Waals surface area contributed by atoms with Crippen LogP contribution in [0, 0.1) is 0 Å². The lowest BCUT2D eigenvalue weighted by molar-refractivity contribution is -0.138. The third-order valence-corrected chi connectivity index (χ3v) is 2.56. The summed E-state index contributed by atoms with van der Waals surface area (Å²) in [6.45, 7) is 2.07. The number of nitrogens with one attached hydrogen (secondary N) is 1. The van der Waals surface area contributed by atoms with Gasteiger partial charge in [0.05, 0.1) is 5.56 Å². The van der Waals surface area contributed by atoms with Gasteiger partial charge in [0.2, 0.25) is 0 Å². The van der Waals surface area contributed by atoms with Gasteiger partial charge in [0.1, 0.15) is 0 Å². The predicted octanol–water partition coefficient (Wildman–Crippen LogP) is 3.22. The molecular weight excluding hydrogens is 287 g/mol. The molecule has 0 radical (unpaired) electrons. The zero-order valence-corrected chi connectivity index (χ0v) is 9.95. The Bertz CT molecular complexity index is 404. The van der Waals surface area contributed by atoms with Crippen LogP contribution in [0.25, 0.3) is 0 Å². The van der Waals surface area contributed by atoms with Gasteiger partial charge in [0.25, 0.3) is 5.91 Å². The van der Waals surface area contributed by atoms with Gasteiger partial charge < -0.3 is 5.32 Å². The molecule has 0 heterocycles. The van der Waals surface area contributed by atoms with E-state index in [2.05, 4.69) is 21.2 Å². The van der Waals surface area contributed by atoms with Gasteiger partial charge in [0.15, 0.2) is 0 Å². The minimum atomic E-state index is -4.47. The third kappa shape index (κ3) is 2.98. The van der Waals surface area contributed by atoms with Crippen LogP contribution in [0.15, 0.2) is 22.7 Å². The minimum absolute atomic E-state index is 0.00243. The maximum atomic E-state index is 12.5. The first-order valence-corrected chi connectivity index (χ1v) is 5.30. The van der Waals surface area contributed by atoms with Crippen molar-refractivity contribution in [3.63, 3.8) is 0 Å². The number of rotatable bonds is 2. The fourth-order valence-corrected chi connectivity index (χ4v) is 1.62. The summed E-state index contributed by atoms with van der Waals surface area (Å²) in [5.74, 6) is -0.513. The Morgan fingerprint density at radius 1 is 1.44 bits per heavy atom. The molecule has 0 aromatic heterocycles. The molecule has 1 N–H and O–H groups in total. The molecule has 0 aliphatic heterocycles. The molecular formula is C10H9BrF3NO. The summed E-state index contributed by atoms with van der Waals surface area (Å²) < 4.78 is 37.5. The standard InChI is InChI=1S/C10H9BrF3NO/c1-2-15-9(16)6-3-4-8(11)7(5-6)10(12,13)14/h3-5H,2H2,1H3,(H,15,16). The molecule has 0 saturated carbocycles. The summed E-state index contributed by atoms with van der Waals surface area (Å²) in [7, 11) is 0. The van der Waals surface area contributed by atoms with Crippen LogP contribution < -0.4 is 5.32 Å². The topological polar surface area (TPSA) is 29.1 Å². The lowest BCUT2D eigenvalue weighted by Crippen LogP contribution is -2.23. The summed E-state index contributed by atoms with van der Waals surface area (Å²) in [5.41, 5.74) is -0.853. The molecule has 0 aliphatic rings. The molecule has 0 bridgehead atoms. The predicted molar refractivity (Wildman–Crippen MR) is 57.2 cm³/mol. The van der Waals surface area contributed by atoms with Crippen LogP contribution >= 0.6 is 15.9 Å². The molecule has 1 aromatic carbocycles. The van der Waals surface area contributed by atoms with E-state index >= 15 is 0 Å². The Labute approximate surface area is 99.0 Å². The van der Waals surface area contributed by atoms with Crippen LogP contribution in [-0.2, 0) is 6.18 Å². The molecule has 6 heteroatoms. The molecule has 1 rings (SSSR count). The van der Waals surface area contributed by atoms with Crippen molar-refractivity contribution in [3.05, 3.63) is 33.8 Å². The number of carbonyl (C=O) groups excluding carboxylic acids is 1. The number of hydrogen-bond donors (Lipinski definition) is 1. The smallest absolute Gasteiger partial charge is 0.352 e. The van der Waals surface area contributed by atoms with Crippen molar-refractivity contribution >= 4 is 21.8 Å². The fourth-order valence-electron chi connectivity index (χ4n) is 1.15. The Kier molecular flexibility index (Phi) is 3.96. The molecule has 0 spiro atoms. The van der Waals surface area contributed by atoms with Crippen LogP contribution in [0.3, 0.4) is 0 Å². The molecule has 0 unspecified atom stereocenters. The first-order valence-electron chi connectivity index (χ1n) is 4.51. The highest BCUT2D eigenvalue weighted by atomic mass is 79.9. The van der Waals surface area contributed by atoms with Gasteiger partial charge in [0, 0.05) is 16.6 Å². The molecule has 16 heavy (non-hydrogen) atoms. The first-order chi connectivity index (χ1) is 7.36. The SMILES string of the molecule is CCNC(=O)c1ccc(Br)c(C(F)(F)F)c1. The van der Waals surface area contributed by atoms with Crippen LogP contribution in [0.4, 0.5) is 13.2 Å². The number of alkyl halides is 3. The zero-order chi connectivity index (χ0) is 12.3. The number of halogens is 4. The van der Waals surface area contributed by atoms with Gasteiger partial charge in [-0.15, -0.1) is 0 Å². The van der Waals surface area contributed by atoms with Crippen molar-refractivity contribution in [2.24, 2.45) is 0 Å². The Morgan fingerprint density at radius 2 is 2.06 bits per heavy atom. The van der Waals surface area contributed by atoms with Crippen molar-refractivity contribution < 1.29 is 18.0 Å². The highest BCUT2D eigenvalue weighted by Gasteiger charge is 2.33. The van der Waals surface area contributed by atoms with Gasteiger partial charge >= 0.3 is 6.18 Å². The lowest BCUT2D eigenvalue weighted by atomic mass is 10.1. The summed E-state index contributed by atoms with van der Waals surface area (Å²) in [6.07, 6.45) is -4.47. The van der Waals surface area contributed by atoms with Gasteiger partial charge in [-0.05, 0) is 25.1 Å². The van der Waals surface area contributed by atoms with Crippen molar-refractivity contribution in [2.45, 2.75) is 13.1 Å². The highest BCUT2D eigenvalue weighted by molar-refractivity contribution is 9.10. The summed E-state index contributed by atoms with van der Waals surface area (Å²) in [6, 6.07) is 3.38. The summed E-state index contributed by atoms with van der Waals surface area (Å²) in [4.78, 5) is 11.3. The fraction of sp³-hybridized carbons (Fsp3) is 0.300. The minimum Gasteiger partial charge on any atom is -0.352 e. The third-order valence-electron chi connectivity index (χ3n) is 1.87. The van der Waals surface area contributed by atoms with Crippen LogP contribution in [-0.4, -0.2) is 12.5 Å². The monoisotopic (exact) mass is 295 g/mol. The molecule has 1 aromatic rings. The summed E-state index contributed by atoms with van der Waals surface area (Å²) >= 11 is 2.80. The van der Waals surface area contributed by atoms with E-state index in [-0.39, 0.29) is 10.0 Å².